The van der Waals surface area contributed by atoms with E-state index in [4.69, 9.17) is 0 Å². The van der Waals surface area contributed by atoms with E-state index < -0.39 is 10.8 Å². The molecule has 0 saturated carbocycles. The van der Waals surface area contributed by atoms with Crippen LogP contribution in [0.3, 0.4) is 0 Å². The molecule has 1 aromatic carbocycles. The number of carbonyl (C=O) groups is 1. The first-order chi connectivity index (χ1) is 8.45. The first-order valence-corrected chi connectivity index (χ1v) is 7.83. The van der Waals surface area contributed by atoms with Gasteiger partial charge in [-0.25, -0.2) is 0 Å². The largest absolute Gasteiger partial charge is 0.293 e. The molecule has 2 atom stereocenters. The molecule has 1 rings (SSSR count). The number of benzene rings is 1. The third kappa shape index (κ3) is 4.05. The van der Waals surface area contributed by atoms with Crippen LogP contribution in [0.1, 0.15) is 43.6 Å². The van der Waals surface area contributed by atoms with E-state index in [0.29, 0.717) is 11.5 Å². The number of Topliss-reactive ketones (excluding diaryl/α,β-unsaturated/α-hetero) is 1. The minimum Gasteiger partial charge on any atom is -0.293 e. The lowest BCUT2D eigenvalue weighted by molar-refractivity contribution is 0.102. The summed E-state index contributed by atoms with van der Waals surface area (Å²) in [5.74, 6) is 0.440. The second kappa shape index (κ2) is 6.83. The Hall–Kier alpha value is -0.960. The third-order valence-corrected chi connectivity index (χ3v) is 5.23. The average molecular weight is 266 g/mol. The van der Waals surface area contributed by atoms with E-state index in [2.05, 4.69) is 6.92 Å². The van der Waals surface area contributed by atoms with E-state index >= 15 is 0 Å². The highest BCUT2D eigenvalue weighted by molar-refractivity contribution is 7.86. The van der Waals surface area contributed by atoms with Crippen molar-refractivity contribution in [3.05, 3.63) is 35.4 Å². The molecular formula is C15H22O2S. The van der Waals surface area contributed by atoms with E-state index in [-0.39, 0.29) is 16.8 Å². The van der Waals surface area contributed by atoms with E-state index in [1.807, 2.05) is 45.0 Å². The Balaban J connectivity index is 2.67. The topological polar surface area (TPSA) is 34.1 Å². The molecule has 0 amide bonds. The Morgan fingerprint density at radius 3 is 2.17 bits per heavy atom. The fourth-order valence-corrected chi connectivity index (χ4v) is 2.87. The van der Waals surface area contributed by atoms with Crippen molar-refractivity contribution in [2.24, 2.45) is 5.92 Å². The van der Waals surface area contributed by atoms with E-state index in [1.54, 1.807) is 0 Å². The van der Waals surface area contributed by atoms with Gasteiger partial charge in [0.25, 0.3) is 0 Å². The Bertz CT molecular complexity index is 421. The predicted octanol–water partition coefficient (Wildman–Crippen LogP) is 3.22. The van der Waals surface area contributed by atoms with Crippen molar-refractivity contribution in [2.75, 3.05) is 5.75 Å². The molecule has 2 nitrogen and oxygen atoms in total. The number of rotatable bonds is 6. The van der Waals surface area contributed by atoms with E-state index in [1.165, 1.54) is 5.56 Å². The number of ketones is 1. The van der Waals surface area contributed by atoms with E-state index in [9.17, 15) is 9.00 Å². The van der Waals surface area contributed by atoms with Gasteiger partial charge in [-0.05, 0) is 17.9 Å². The molecule has 2 unspecified atom stereocenters. The van der Waals surface area contributed by atoms with Crippen LogP contribution in [0.2, 0.25) is 0 Å². The van der Waals surface area contributed by atoms with Gasteiger partial charge >= 0.3 is 0 Å². The summed E-state index contributed by atoms with van der Waals surface area (Å²) in [7, 11) is -1.08. The molecule has 0 fully saturated rings. The fraction of sp³-hybridized carbons (Fsp3) is 0.533. The van der Waals surface area contributed by atoms with Gasteiger partial charge in [0.1, 0.15) is 0 Å². The molecule has 0 aliphatic heterocycles. The maximum absolute atomic E-state index is 12.0. The molecular weight excluding hydrogens is 244 g/mol. The van der Waals surface area contributed by atoms with Gasteiger partial charge in [0.15, 0.2) is 5.78 Å². The summed E-state index contributed by atoms with van der Waals surface area (Å²) >= 11 is 0. The van der Waals surface area contributed by atoms with Gasteiger partial charge in [0.2, 0.25) is 0 Å². The fourth-order valence-electron chi connectivity index (χ4n) is 1.57. The minimum atomic E-state index is -1.08. The Kier molecular flexibility index (Phi) is 5.73. The highest BCUT2D eigenvalue weighted by Gasteiger charge is 2.18. The summed E-state index contributed by atoms with van der Waals surface area (Å²) in [6.45, 7) is 8.08. The monoisotopic (exact) mass is 266 g/mol. The van der Waals surface area contributed by atoms with Gasteiger partial charge in [0, 0.05) is 21.6 Å². The number of carbonyl (C=O) groups excluding carboxylic acids is 1. The number of aryl methyl sites for hydroxylation is 1. The second-order valence-corrected chi connectivity index (χ2v) is 6.74. The lowest BCUT2D eigenvalue weighted by Crippen LogP contribution is -2.24. The van der Waals surface area contributed by atoms with Crippen LogP contribution in [0, 0.1) is 5.92 Å². The average Bonchev–Trinajstić information content (AvgIpc) is 2.37. The molecule has 3 heteroatoms. The first-order valence-electron chi connectivity index (χ1n) is 6.45. The molecule has 0 saturated heterocycles. The van der Waals surface area contributed by atoms with Gasteiger partial charge in [-0.2, -0.15) is 0 Å². The molecule has 0 N–H and O–H groups in total. The summed E-state index contributed by atoms with van der Waals surface area (Å²) in [6, 6.07) is 7.58. The van der Waals surface area contributed by atoms with Crippen LogP contribution in [0.4, 0.5) is 0 Å². The Labute approximate surface area is 112 Å². The zero-order valence-electron chi connectivity index (χ0n) is 11.6. The zero-order valence-corrected chi connectivity index (χ0v) is 12.4. The second-order valence-electron chi connectivity index (χ2n) is 4.95. The van der Waals surface area contributed by atoms with Gasteiger partial charge in [-0.1, -0.05) is 52.0 Å². The van der Waals surface area contributed by atoms with Crippen molar-refractivity contribution in [1.29, 1.82) is 0 Å². The molecule has 0 spiro atoms. The maximum atomic E-state index is 12.0. The van der Waals surface area contributed by atoms with Crippen LogP contribution in [0.5, 0.6) is 0 Å². The van der Waals surface area contributed by atoms with E-state index in [0.717, 1.165) is 6.42 Å². The Morgan fingerprint density at radius 1 is 1.17 bits per heavy atom. The highest BCUT2D eigenvalue weighted by atomic mass is 32.2. The molecule has 100 valence electrons. The summed E-state index contributed by atoms with van der Waals surface area (Å²) < 4.78 is 12.0. The molecule has 0 aliphatic rings. The molecule has 0 aliphatic carbocycles. The zero-order chi connectivity index (χ0) is 13.7. The quantitative estimate of drug-likeness (QED) is 0.741. The first kappa shape index (κ1) is 15.1. The van der Waals surface area contributed by atoms with Crippen molar-refractivity contribution >= 4 is 16.6 Å². The minimum absolute atomic E-state index is 0.0245. The Morgan fingerprint density at radius 2 is 1.72 bits per heavy atom. The third-order valence-electron chi connectivity index (χ3n) is 3.31. The molecule has 0 bridgehead atoms. The lowest BCUT2D eigenvalue weighted by Gasteiger charge is -2.14. The van der Waals surface area contributed by atoms with Crippen molar-refractivity contribution < 1.29 is 9.00 Å². The van der Waals surface area contributed by atoms with Crippen LogP contribution in [-0.2, 0) is 17.2 Å². The van der Waals surface area contributed by atoms with Crippen LogP contribution in [0.25, 0.3) is 0 Å². The number of hydrogen-bond donors (Lipinski definition) is 0. The van der Waals surface area contributed by atoms with Crippen molar-refractivity contribution in [2.45, 2.75) is 39.4 Å². The summed E-state index contributed by atoms with van der Waals surface area (Å²) in [6.07, 6.45) is 0.963. The maximum Gasteiger partial charge on any atom is 0.175 e. The standard InChI is InChI=1S/C15H22O2S/c1-5-13-6-8-14(9-7-13)15(16)10-18(17)12(4)11(2)3/h6-9,11-12H,5,10H2,1-4H3. The molecule has 0 aromatic heterocycles. The van der Waals surface area contributed by atoms with Gasteiger partial charge in [0.05, 0.1) is 5.75 Å². The van der Waals surface area contributed by atoms with Crippen molar-refractivity contribution in [1.82, 2.24) is 0 Å². The molecule has 18 heavy (non-hydrogen) atoms. The van der Waals surface area contributed by atoms with Gasteiger partial charge in [-0.3, -0.25) is 9.00 Å². The van der Waals surface area contributed by atoms with Crippen molar-refractivity contribution in [3.63, 3.8) is 0 Å². The number of hydrogen-bond acceptors (Lipinski definition) is 2. The molecule has 1 aromatic rings. The molecule has 0 radical (unpaired) electrons. The normalized spacial score (nSPS) is 14.5. The van der Waals surface area contributed by atoms with Crippen molar-refractivity contribution in [3.8, 4) is 0 Å². The van der Waals surface area contributed by atoms with Gasteiger partial charge in [-0.15, -0.1) is 0 Å². The summed E-state index contributed by atoms with van der Waals surface area (Å²) in [4.78, 5) is 12.0. The van der Waals surface area contributed by atoms with Crippen LogP contribution >= 0.6 is 0 Å². The predicted molar refractivity (Wildman–Crippen MR) is 77.5 cm³/mol. The smallest absolute Gasteiger partial charge is 0.175 e. The SMILES string of the molecule is CCc1ccc(C(=O)CS(=O)C(C)C(C)C)cc1. The van der Waals surface area contributed by atoms with Crippen LogP contribution < -0.4 is 0 Å². The van der Waals surface area contributed by atoms with Crippen LogP contribution in [0.15, 0.2) is 24.3 Å². The van der Waals surface area contributed by atoms with Gasteiger partial charge < -0.3 is 0 Å². The summed E-state index contributed by atoms with van der Waals surface area (Å²) in [5, 5.41) is 0.0591. The highest BCUT2D eigenvalue weighted by Crippen LogP contribution is 2.11. The lowest BCUT2D eigenvalue weighted by atomic mass is 10.1. The summed E-state index contributed by atoms with van der Waals surface area (Å²) in [5.41, 5.74) is 1.87. The molecule has 0 heterocycles. The van der Waals surface area contributed by atoms with Crippen LogP contribution in [-0.4, -0.2) is 21.0 Å².